The summed E-state index contributed by atoms with van der Waals surface area (Å²) in [7, 11) is 1.60. The van der Waals surface area contributed by atoms with Gasteiger partial charge in [0.05, 0.1) is 12.8 Å². The predicted molar refractivity (Wildman–Crippen MR) is 99.8 cm³/mol. The van der Waals surface area contributed by atoms with E-state index in [1.54, 1.807) is 43.6 Å². The SMILES string of the molecule is COc1ccc(Cl)cc1Nc1cc(C(=O)N2CCC(C)CC2)ccn1. The number of rotatable bonds is 4. The Balaban J connectivity index is 1.78. The molecule has 2 aromatic rings. The largest absolute Gasteiger partial charge is 0.495 e. The lowest BCUT2D eigenvalue weighted by Crippen LogP contribution is -2.37. The highest BCUT2D eigenvalue weighted by Gasteiger charge is 2.21. The maximum absolute atomic E-state index is 12.7. The Morgan fingerprint density at radius 2 is 2.04 bits per heavy atom. The number of hydrogen-bond acceptors (Lipinski definition) is 4. The van der Waals surface area contributed by atoms with Crippen LogP contribution in [0.3, 0.4) is 0 Å². The Bertz CT molecular complexity index is 758. The summed E-state index contributed by atoms with van der Waals surface area (Å²) in [5.41, 5.74) is 1.34. The molecular formula is C19H22ClN3O2. The molecule has 1 saturated heterocycles. The van der Waals surface area contributed by atoms with E-state index in [1.807, 2.05) is 4.90 Å². The Morgan fingerprint density at radius 3 is 2.76 bits per heavy atom. The molecule has 0 radical (unpaired) electrons. The van der Waals surface area contributed by atoms with Crippen molar-refractivity contribution >= 4 is 29.0 Å². The zero-order valence-corrected chi connectivity index (χ0v) is 15.2. The number of hydrogen-bond donors (Lipinski definition) is 1. The van der Waals surface area contributed by atoms with E-state index in [0.717, 1.165) is 25.9 Å². The van der Waals surface area contributed by atoms with E-state index >= 15 is 0 Å². The Kier molecular flexibility index (Phi) is 5.43. The molecule has 1 amide bonds. The lowest BCUT2D eigenvalue weighted by Gasteiger charge is -2.30. The van der Waals surface area contributed by atoms with Crippen LogP contribution in [-0.4, -0.2) is 36.0 Å². The van der Waals surface area contributed by atoms with Crippen molar-refractivity contribution in [1.82, 2.24) is 9.88 Å². The highest BCUT2D eigenvalue weighted by molar-refractivity contribution is 6.31. The average Bonchev–Trinajstić information content (AvgIpc) is 2.62. The molecule has 0 spiro atoms. The molecule has 5 nitrogen and oxygen atoms in total. The van der Waals surface area contributed by atoms with Crippen molar-refractivity contribution in [1.29, 1.82) is 0 Å². The number of likely N-dealkylation sites (tertiary alicyclic amines) is 1. The molecule has 0 unspecified atom stereocenters. The highest BCUT2D eigenvalue weighted by atomic mass is 35.5. The van der Waals surface area contributed by atoms with Crippen LogP contribution in [0.5, 0.6) is 5.75 Å². The fraction of sp³-hybridized carbons (Fsp3) is 0.368. The average molecular weight is 360 g/mol. The number of nitrogens with one attached hydrogen (secondary N) is 1. The molecule has 1 aliphatic rings. The summed E-state index contributed by atoms with van der Waals surface area (Å²) in [4.78, 5) is 18.9. The summed E-state index contributed by atoms with van der Waals surface area (Å²) < 4.78 is 5.33. The monoisotopic (exact) mass is 359 g/mol. The first-order valence-electron chi connectivity index (χ1n) is 8.42. The maximum atomic E-state index is 12.7. The maximum Gasteiger partial charge on any atom is 0.254 e. The topological polar surface area (TPSA) is 54.5 Å². The number of benzene rings is 1. The van der Waals surface area contributed by atoms with E-state index in [0.29, 0.717) is 33.8 Å². The molecule has 1 N–H and O–H groups in total. The fourth-order valence-corrected chi connectivity index (χ4v) is 3.11. The van der Waals surface area contributed by atoms with Crippen molar-refractivity contribution in [2.45, 2.75) is 19.8 Å². The van der Waals surface area contributed by atoms with Gasteiger partial charge in [0.1, 0.15) is 11.6 Å². The summed E-state index contributed by atoms with van der Waals surface area (Å²) in [5.74, 6) is 1.98. The highest BCUT2D eigenvalue weighted by Crippen LogP contribution is 2.30. The van der Waals surface area contributed by atoms with Gasteiger partial charge >= 0.3 is 0 Å². The zero-order valence-electron chi connectivity index (χ0n) is 14.5. The second-order valence-electron chi connectivity index (χ2n) is 6.37. The lowest BCUT2D eigenvalue weighted by atomic mass is 9.99. The summed E-state index contributed by atoms with van der Waals surface area (Å²) in [6, 6.07) is 8.83. The molecule has 3 rings (SSSR count). The Labute approximate surface area is 153 Å². The number of piperidine rings is 1. The Morgan fingerprint density at radius 1 is 1.28 bits per heavy atom. The summed E-state index contributed by atoms with van der Waals surface area (Å²) >= 11 is 6.06. The van der Waals surface area contributed by atoms with Gasteiger partial charge in [-0.3, -0.25) is 4.79 Å². The number of anilines is 2. The quantitative estimate of drug-likeness (QED) is 0.881. The van der Waals surface area contributed by atoms with Crippen molar-refractivity contribution in [3.63, 3.8) is 0 Å². The molecule has 1 aliphatic heterocycles. The first-order chi connectivity index (χ1) is 12.1. The third-order valence-electron chi connectivity index (χ3n) is 4.50. The molecule has 25 heavy (non-hydrogen) atoms. The molecule has 1 aromatic carbocycles. The van der Waals surface area contributed by atoms with Crippen molar-refractivity contribution in [3.05, 3.63) is 47.1 Å². The summed E-state index contributed by atoms with van der Waals surface area (Å²) in [6.45, 7) is 3.86. The van der Waals surface area contributed by atoms with Gasteiger partial charge in [0.2, 0.25) is 0 Å². The number of carbonyl (C=O) groups is 1. The van der Waals surface area contributed by atoms with Gasteiger partial charge in [-0.1, -0.05) is 18.5 Å². The van der Waals surface area contributed by atoms with Gasteiger partial charge in [-0.25, -0.2) is 4.98 Å². The first-order valence-corrected chi connectivity index (χ1v) is 8.80. The number of halogens is 1. The smallest absolute Gasteiger partial charge is 0.254 e. The third kappa shape index (κ3) is 4.23. The van der Waals surface area contributed by atoms with Crippen molar-refractivity contribution in [2.24, 2.45) is 5.92 Å². The molecule has 0 saturated carbocycles. The van der Waals surface area contributed by atoms with Crippen LogP contribution in [0, 0.1) is 5.92 Å². The second kappa shape index (κ2) is 7.74. The molecule has 0 bridgehead atoms. The van der Waals surface area contributed by atoms with E-state index in [9.17, 15) is 4.79 Å². The van der Waals surface area contributed by atoms with Gasteiger partial charge < -0.3 is 15.0 Å². The van der Waals surface area contributed by atoms with Crippen LogP contribution < -0.4 is 10.1 Å². The molecule has 1 aromatic heterocycles. The number of nitrogens with zero attached hydrogens (tertiary/aromatic N) is 2. The fourth-order valence-electron chi connectivity index (χ4n) is 2.94. The van der Waals surface area contributed by atoms with Crippen molar-refractivity contribution < 1.29 is 9.53 Å². The number of pyridine rings is 1. The molecule has 1 fully saturated rings. The summed E-state index contributed by atoms with van der Waals surface area (Å²) in [6.07, 6.45) is 3.75. The van der Waals surface area contributed by atoms with Crippen molar-refractivity contribution in [2.75, 3.05) is 25.5 Å². The van der Waals surface area contributed by atoms with Crippen LogP contribution in [0.2, 0.25) is 5.02 Å². The minimum atomic E-state index is 0.0513. The second-order valence-corrected chi connectivity index (χ2v) is 6.81. The van der Waals surface area contributed by atoms with Crippen molar-refractivity contribution in [3.8, 4) is 5.75 Å². The van der Waals surface area contributed by atoms with Gasteiger partial charge in [-0.2, -0.15) is 0 Å². The van der Waals surface area contributed by atoms with Crippen LogP contribution >= 0.6 is 11.6 Å². The number of amides is 1. The number of methoxy groups -OCH3 is 1. The summed E-state index contributed by atoms with van der Waals surface area (Å²) in [5, 5.41) is 3.77. The molecular weight excluding hydrogens is 338 g/mol. The minimum absolute atomic E-state index is 0.0513. The minimum Gasteiger partial charge on any atom is -0.495 e. The van der Waals surface area contributed by atoms with Gasteiger partial charge in [0, 0.05) is 29.9 Å². The normalized spacial score (nSPS) is 15.1. The van der Waals surface area contributed by atoms with E-state index in [-0.39, 0.29) is 5.91 Å². The van der Waals surface area contributed by atoms with Gasteiger partial charge in [0.15, 0.2) is 0 Å². The van der Waals surface area contributed by atoms with Crippen LogP contribution in [0.15, 0.2) is 36.5 Å². The van der Waals surface area contributed by atoms with E-state index in [4.69, 9.17) is 16.3 Å². The molecule has 2 heterocycles. The van der Waals surface area contributed by atoms with Gasteiger partial charge in [-0.05, 0) is 49.1 Å². The van der Waals surface area contributed by atoms with Crippen LogP contribution in [0.4, 0.5) is 11.5 Å². The van der Waals surface area contributed by atoms with Crippen LogP contribution in [0.1, 0.15) is 30.1 Å². The first kappa shape index (κ1) is 17.5. The van der Waals surface area contributed by atoms with Gasteiger partial charge in [0.25, 0.3) is 5.91 Å². The van der Waals surface area contributed by atoms with E-state index in [2.05, 4.69) is 17.2 Å². The molecule has 0 aliphatic carbocycles. The standard InChI is InChI=1S/C19H22ClN3O2/c1-13-6-9-23(10-7-13)19(24)14-5-8-21-18(11-14)22-16-12-15(20)3-4-17(16)25-2/h3-5,8,11-13H,6-7,9-10H2,1-2H3,(H,21,22). The zero-order chi connectivity index (χ0) is 17.8. The molecule has 132 valence electrons. The number of ether oxygens (including phenoxy) is 1. The van der Waals surface area contributed by atoms with Gasteiger partial charge in [-0.15, -0.1) is 0 Å². The number of carbonyl (C=O) groups excluding carboxylic acids is 1. The third-order valence-corrected chi connectivity index (χ3v) is 4.74. The Hall–Kier alpha value is -2.27. The number of aromatic nitrogens is 1. The van der Waals surface area contributed by atoms with Crippen LogP contribution in [0.25, 0.3) is 0 Å². The van der Waals surface area contributed by atoms with E-state index < -0.39 is 0 Å². The van der Waals surface area contributed by atoms with Crippen LogP contribution in [-0.2, 0) is 0 Å². The van der Waals surface area contributed by atoms with E-state index in [1.165, 1.54) is 0 Å². The predicted octanol–water partition coefficient (Wildman–Crippen LogP) is 4.36. The molecule has 6 heteroatoms. The lowest BCUT2D eigenvalue weighted by molar-refractivity contribution is 0.0697. The molecule has 0 atom stereocenters.